The van der Waals surface area contributed by atoms with Crippen molar-refractivity contribution in [1.29, 1.82) is 0 Å². The summed E-state index contributed by atoms with van der Waals surface area (Å²) in [5.41, 5.74) is -0.900. The van der Waals surface area contributed by atoms with Crippen molar-refractivity contribution in [3.8, 4) is 0 Å². The largest absolute Gasteiger partial charge is 0.478 e. The second kappa shape index (κ2) is 6.04. The second-order valence-corrected chi connectivity index (χ2v) is 8.33. The molecule has 2 N–H and O–H groups in total. The van der Waals surface area contributed by atoms with E-state index in [1.54, 1.807) is 6.92 Å². The van der Waals surface area contributed by atoms with Crippen molar-refractivity contribution in [2.24, 2.45) is 0 Å². The van der Waals surface area contributed by atoms with Crippen LogP contribution in [0.1, 0.15) is 29.8 Å². The van der Waals surface area contributed by atoms with Crippen LogP contribution in [0.15, 0.2) is 21.5 Å². The molecule has 0 saturated carbocycles. The fraction of sp³-hybridized carbons (Fsp3) is 0.462. The molecule has 0 heterocycles. The van der Waals surface area contributed by atoms with Gasteiger partial charge in [0.1, 0.15) is 0 Å². The van der Waals surface area contributed by atoms with Crippen LogP contribution in [0.5, 0.6) is 0 Å². The third-order valence-corrected chi connectivity index (χ3v) is 5.59. The molecule has 1 rings (SSSR count). The highest BCUT2D eigenvalue weighted by atomic mass is 79.9. The van der Waals surface area contributed by atoms with Gasteiger partial charge in [0, 0.05) is 18.1 Å². The molecule has 0 aliphatic carbocycles. The van der Waals surface area contributed by atoms with Gasteiger partial charge in [0.25, 0.3) is 0 Å². The molecule has 0 saturated heterocycles. The molecule has 8 heteroatoms. The van der Waals surface area contributed by atoms with E-state index in [4.69, 9.17) is 5.11 Å². The maximum absolute atomic E-state index is 12.6. The van der Waals surface area contributed by atoms with E-state index in [0.29, 0.717) is 10.0 Å². The lowest BCUT2D eigenvalue weighted by molar-refractivity contribution is 0.0638. The normalized spacial score (nSPS) is 12.7. The zero-order valence-corrected chi connectivity index (χ0v) is 14.6. The van der Waals surface area contributed by atoms with E-state index in [0.717, 1.165) is 10.4 Å². The van der Waals surface area contributed by atoms with Gasteiger partial charge in [-0.25, -0.2) is 13.2 Å². The number of hydrogen-bond donors (Lipinski definition) is 2. The van der Waals surface area contributed by atoms with Crippen LogP contribution < -0.4 is 0 Å². The zero-order chi connectivity index (χ0) is 16.6. The third-order valence-electron chi connectivity index (χ3n) is 2.84. The Morgan fingerprint density at radius 2 is 1.90 bits per heavy atom. The molecule has 0 radical (unpaired) electrons. The topological polar surface area (TPSA) is 94.9 Å². The van der Waals surface area contributed by atoms with Crippen LogP contribution in [0.4, 0.5) is 0 Å². The summed E-state index contributed by atoms with van der Waals surface area (Å²) in [5.74, 6) is -1.21. The number of aliphatic hydroxyl groups is 1. The highest BCUT2D eigenvalue weighted by molar-refractivity contribution is 9.10. The fourth-order valence-electron chi connectivity index (χ4n) is 1.84. The van der Waals surface area contributed by atoms with E-state index < -0.39 is 21.6 Å². The Morgan fingerprint density at radius 3 is 2.33 bits per heavy atom. The molecule has 0 atom stereocenters. The number of sulfonamides is 1. The SMILES string of the molecule is Cc1c(Br)cc(C(=O)O)cc1S(=O)(=O)N(C)CC(C)(C)O. The van der Waals surface area contributed by atoms with E-state index in [9.17, 15) is 18.3 Å². The first-order chi connectivity index (χ1) is 9.36. The number of halogens is 1. The van der Waals surface area contributed by atoms with Gasteiger partial charge in [-0.3, -0.25) is 0 Å². The molecule has 0 spiro atoms. The highest BCUT2D eigenvalue weighted by Crippen LogP contribution is 2.28. The van der Waals surface area contributed by atoms with Crippen molar-refractivity contribution in [3.63, 3.8) is 0 Å². The van der Waals surface area contributed by atoms with Crippen molar-refractivity contribution >= 4 is 31.9 Å². The van der Waals surface area contributed by atoms with Gasteiger partial charge in [0.15, 0.2) is 0 Å². The Hall–Kier alpha value is -0.960. The van der Waals surface area contributed by atoms with E-state index in [1.165, 1.54) is 27.0 Å². The van der Waals surface area contributed by atoms with Crippen molar-refractivity contribution < 1.29 is 23.4 Å². The van der Waals surface area contributed by atoms with Gasteiger partial charge >= 0.3 is 5.97 Å². The average Bonchev–Trinajstić information content (AvgIpc) is 2.29. The van der Waals surface area contributed by atoms with Crippen LogP contribution >= 0.6 is 15.9 Å². The van der Waals surface area contributed by atoms with Gasteiger partial charge in [-0.15, -0.1) is 0 Å². The molecule has 0 unspecified atom stereocenters. The third kappa shape index (κ3) is 4.26. The van der Waals surface area contributed by atoms with Gasteiger partial charge in [0.2, 0.25) is 10.0 Å². The van der Waals surface area contributed by atoms with Crippen molar-refractivity contribution in [1.82, 2.24) is 4.31 Å². The minimum atomic E-state index is -3.90. The predicted octanol–water partition coefficient (Wildman–Crippen LogP) is 1.85. The van der Waals surface area contributed by atoms with Crippen LogP contribution in [0.2, 0.25) is 0 Å². The molecule has 0 amide bonds. The lowest BCUT2D eigenvalue weighted by Crippen LogP contribution is -2.39. The molecule has 118 valence electrons. The highest BCUT2D eigenvalue weighted by Gasteiger charge is 2.29. The molecule has 0 aliphatic heterocycles. The average molecular weight is 380 g/mol. The number of carbonyl (C=O) groups is 1. The summed E-state index contributed by atoms with van der Waals surface area (Å²) in [6.07, 6.45) is 0. The molecule has 0 aromatic heterocycles. The fourth-order valence-corrected chi connectivity index (χ4v) is 4.03. The van der Waals surface area contributed by atoms with Crippen molar-refractivity contribution in [2.75, 3.05) is 13.6 Å². The molecule has 21 heavy (non-hydrogen) atoms. The maximum Gasteiger partial charge on any atom is 0.335 e. The molecular formula is C13H18BrNO5S. The van der Waals surface area contributed by atoms with Crippen LogP contribution in [0.3, 0.4) is 0 Å². The van der Waals surface area contributed by atoms with Gasteiger partial charge in [-0.05, 0) is 38.5 Å². The molecule has 0 aliphatic rings. The molecule has 0 fully saturated rings. The summed E-state index contributed by atoms with van der Waals surface area (Å²) in [5, 5.41) is 18.8. The Morgan fingerprint density at radius 1 is 1.38 bits per heavy atom. The number of carboxylic acids is 1. The van der Waals surface area contributed by atoms with E-state index in [1.807, 2.05) is 0 Å². The Balaban J connectivity index is 3.41. The lowest BCUT2D eigenvalue weighted by Gasteiger charge is -2.26. The van der Waals surface area contributed by atoms with Crippen LogP contribution in [0.25, 0.3) is 0 Å². The smallest absolute Gasteiger partial charge is 0.335 e. The standard InChI is InChI=1S/C13H18BrNO5S/c1-8-10(14)5-9(12(16)17)6-11(8)21(19,20)15(4)7-13(2,3)18/h5-6,18H,7H2,1-4H3,(H,16,17). The van der Waals surface area contributed by atoms with Gasteiger partial charge in [-0.1, -0.05) is 15.9 Å². The van der Waals surface area contributed by atoms with Gasteiger partial charge < -0.3 is 10.2 Å². The summed E-state index contributed by atoms with van der Waals surface area (Å²) in [6.45, 7) is 4.47. The first-order valence-electron chi connectivity index (χ1n) is 6.08. The Kier molecular flexibility index (Phi) is 5.20. The summed E-state index contributed by atoms with van der Waals surface area (Å²) in [6, 6.07) is 2.48. The Bertz CT molecular complexity index is 664. The van der Waals surface area contributed by atoms with E-state index in [2.05, 4.69) is 15.9 Å². The number of aromatic carboxylic acids is 1. The van der Waals surface area contributed by atoms with Crippen molar-refractivity contribution in [2.45, 2.75) is 31.3 Å². The number of hydrogen-bond acceptors (Lipinski definition) is 4. The predicted molar refractivity (Wildman–Crippen MR) is 82.0 cm³/mol. The monoisotopic (exact) mass is 379 g/mol. The molecule has 1 aromatic carbocycles. The number of rotatable bonds is 5. The second-order valence-electron chi connectivity index (χ2n) is 5.46. The maximum atomic E-state index is 12.6. The van der Waals surface area contributed by atoms with Gasteiger partial charge in [-0.2, -0.15) is 4.31 Å². The lowest BCUT2D eigenvalue weighted by atomic mass is 10.1. The minimum absolute atomic E-state index is 0.0963. The van der Waals surface area contributed by atoms with Gasteiger partial charge in [0.05, 0.1) is 16.1 Å². The first-order valence-corrected chi connectivity index (χ1v) is 8.32. The van der Waals surface area contributed by atoms with E-state index in [-0.39, 0.29) is 17.0 Å². The summed E-state index contributed by atoms with van der Waals surface area (Å²) < 4.78 is 26.5. The van der Waals surface area contributed by atoms with E-state index >= 15 is 0 Å². The number of likely N-dealkylation sites (N-methyl/N-ethyl adjacent to an activating group) is 1. The minimum Gasteiger partial charge on any atom is -0.478 e. The number of carboxylic acid groups (broad SMARTS) is 1. The van der Waals surface area contributed by atoms with Crippen LogP contribution in [-0.4, -0.2) is 48.1 Å². The Labute approximate surface area is 132 Å². The van der Waals surface area contributed by atoms with Crippen LogP contribution in [0, 0.1) is 6.92 Å². The number of nitrogens with zero attached hydrogens (tertiary/aromatic N) is 1. The summed E-state index contributed by atoms with van der Waals surface area (Å²) in [4.78, 5) is 11.0. The van der Waals surface area contributed by atoms with Crippen LogP contribution in [-0.2, 0) is 10.0 Å². The quantitative estimate of drug-likeness (QED) is 0.813. The molecule has 6 nitrogen and oxygen atoms in total. The summed E-state index contributed by atoms with van der Waals surface area (Å²) in [7, 11) is -2.56. The van der Waals surface area contributed by atoms with Crippen molar-refractivity contribution in [3.05, 3.63) is 27.7 Å². The zero-order valence-electron chi connectivity index (χ0n) is 12.2. The summed E-state index contributed by atoms with van der Waals surface area (Å²) >= 11 is 3.17. The molecule has 0 bridgehead atoms. The molecule has 1 aromatic rings. The molecular weight excluding hydrogens is 362 g/mol. The number of benzene rings is 1. The first kappa shape index (κ1) is 18.1.